The Morgan fingerprint density at radius 1 is 1.00 bits per heavy atom. The first-order chi connectivity index (χ1) is 18.4. The normalized spacial score (nSPS) is 11.4. The number of nitriles is 1. The molecule has 0 atom stereocenters. The summed E-state index contributed by atoms with van der Waals surface area (Å²) in [5.74, 6) is -0.990. The van der Waals surface area contributed by atoms with Crippen molar-refractivity contribution in [3.63, 3.8) is 0 Å². The minimum atomic E-state index is -1.84. The van der Waals surface area contributed by atoms with E-state index in [1.807, 2.05) is 0 Å². The topological polar surface area (TPSA) is 133 Å². The Morgan fingerprint density at radius 2 is 1.62 bits per heavy atom. The smallest absolute Gasteiger partial charge is 0.277 e. The van der Waals surface area contributed by atoms with Crippen LogP contribution in [0.25, 0.3) is 0 Å². The molecule has 0 spiro atoms. The molecule has 0 unspecified atom stereocenters. The first kappa shape index (κ1) is 29.7. The van der Waals surface area contributed by atoms with Crippen LogP contribution in [0.15, 0.2) is 55.0 Å². The van der Waals surface area contributed by atoms with Crippen LogP contribution in [0.4, 0.5) is 17.2 Å². The second kappa shape index (κ2) is 12.8. The predicted octanol–water partition coefficient (Wildman–Crippen LogP) is 5.73. The van der Waals surface area contributed by atoms with Gasteiger partial charge in [-0.3, -0.25) is 14.5 Å². The average Bonchev–Trinajstić information content (AvgIpc) is 2.90. The minimum Gasteiger partial charge on any atom is -0.417 e. The lowest BCUT2D eigenvalue weighted by Gasteiger charge is -2.36. The van der Waals surface area contributed by atoms with Gasteiger partial charge in [0.15, 0.2) is 25.9 Å². The molecular weight excluding hydrogens is 534 g/mol. The molecular formula is C27H32ClN7O3Si. The number of benzene rings is 1. The van der Waals surface area contributed by atoms with Crippen LogP contribution >= 0.6 is 11.6 Å². The number of pyridine rings is 1. The van der Waals surface area contributed by atoms with Gasteiger partial charge in [-0.1, -0.05) is 32.4 Å². The second-order valence-electron chi connectivity index (χ2n) is 10.3. The van der Waals surface area contributed by atoms with Crippen molar-refractivity contribution in [2.45, 2.75) is 45.3 Å². The first-order valence-corrected chi connectivity index (χ1v) is 15.7. The summed E-state index contributed by atoms with van der Waals surface area (Å²) in [6, 6.07) is 9.95. The van der Waals surface area contributed by atoms with E-state index in [9.17, 15) is 14.9 Å². The molecule has 0 fully saturated rings. The van der Waals surface area contributed by atoms with E-state index in [0.717, 1.165) is 0 Å². The molecule has 0 bridgehead atoms. The third-order valence-corrected chi connectivity index (χ3v) is 11.2. The maximum Gasteiger partial charge on any atom is 0.277 e. The predicted molar refractivity (Wildman–Crippen MR) is 154 cm³/mol. The first-order valence-electron chi connectivity index (χ1n) is 12.4. The molecule has 2 amide bonds. The summed E-state index contributed by atoms with van der Waals surface area (Å²) in [6.45, 7) is 12.1. The highest BCUT2D eigenvalue weighted by Gasteiger charge is 2.36. The number of hydrogen-bond donors (Lipinski definition) is 2. The van der Waals surface area contributed by atoms with Crippen molar-refractivity contribution in [1.82, 2.24) is 15.0 Å². The zero-order chi connectivity index (χ0) is 28.6. The lowest BCUT2D eigenvalue weighted by Crippen LogP contribution is -2.41. The standard InChI is InChI=1S/C27H32ClN7O3Si/c1-27(2,3)39(4,5)38-16-6-15-35(18-29)21-10-8-20(9-11-21)33-25(36)23-24(31-14-13-30-23)26(37)34-22-12-7-19(28)17-32-22/h7-14,17H,6,15-16H2,1-5H3,(H,33,36)(H,32,34,37). The maximum absolute atomic E-state index is 12.9. The summed E-state index contributed by atoms with van der Waals surface area (Å²) >= 11 is 5.83. The van der Waals surface area contributed by atoms with Gasteiger partial charge in [-0.2, -0.15) is 5.26 Å². The van der Waals surface area contributed by atoms with Crippen molar-refractivity contribution in [3.05, 3.63) is 71.4 Å². The number of amides is 2. The van der Waals surface area contributed by atoms with Gasteiger partial charge in [0.2, 0.25) is 0 Å². The Balaban J connectivity index is 1.61. The molecule has 12 heteroatoms. The van der Waals surface area contributed by atoms with E-state index < -0.39 is 20.1 Å². The summed E-state index contributed by atoms with van der Waals surface area (Å²) in [5, 5.41) is 15.5. The van der Waals surface area contributed by atoms with Gasteiger partial charge in [-0.25, -0.2) is 15.0 Å². The number of hydrogen-bond acceptors (Lipinski definition) is 8. The number of nitrogens with zero attached hydrogens (tertiary/aromatic N) is 5. The minimum absolute atomic E-state index is 0.131. The molecule has 1 aromatic carbocycles. The van der Waals surface area contributed by atoms with Crippen molar-refractivity contribution in [1.29, 1.82) is 5.26 Å². The SMILES string of the molecule is CC(C)(C)[Si](C)(C)OCCCN(C#N)c1ccc(NC(=O)c2nccnc2C(=O)Nc2ccc(Cl)cn2)cc1. The van der Waals surface area contributed by atoms with Gasteiger partial charge in [0.25, 0.3) is 11.8 Å². The van der Waals surface area contributed by atoms with Crippen molar-refractivity contribution in [3.8, 4) is 6.19 Å². The number of aromatic nitrogens is 3. The van der Waals surface area contributed by atoms with Crippen LogP contribution in [0.3, 0.4) is 0 Å². The molecule has 3 rings (SSSR count). The van der Waals surface area contributed by atoms with Crippen molar-refractivity contribution in [2.24, 2.45) is 0 Å². The monoisotopic (exact) mass is 565 g/mol. The van der Waals surface area contributed by atoms with Crippen LogP contribution < -0.4 is 15.5 Å². The van der Waals surface area contributed by atoms with Gasteiger partial charge < -0.3 is 15.1 Å². The Kier molecular flexibility index (Phi) is 9.74. The van der Waals surface area contributed by atoms with Gasteiger partial charge >= 0.3 is 0 Å². The highest BCUT2D eigenvalue weighted by Crippen LogP contribution is 2.36. The van der Waals surface area contributed by atoms with Gasteiger partial charge in [0.05, 0.1) is 10.7 Å². The van der Waals surface area contributed by atoms with Crippen LogP contribution in [0.2, 0.25) is 23.2 Å². The Labute approximate surface area is 234 Å². The Morgan fingerprint density at radius 3 is 2.15 bits per heavy atom. The fourth-order valence-electron chi connectivity index (χ4n) is 3.21. The molecule has 2 heterocycles. The third-order valence-electron chi connectivity index (χ3n) is 6.45. The fourth-order valence-corrected chi connectivity index (χ4v) is 4.41. The quantitative estimate of drug-likeness (QED) is 0.138. The van der Waals surface area contributed by atoms with E-state index in [1.165, 1.54) is 24.7 Å². The highest BCUT2D eigenvalue weighted by molar-refractivity contribution is 6.74. The Bertz CT molecular complexity index is 1340. The van der Waals surface area contributed by atoms with E-state index >= 15 is 0 Å². The molecule has 0 aliphatic rings. The molecule has 3 aromatic rings. The van der Waals surface area contributed by atoms with E-state index in [2.05, 4.69) is 65.6 Å². The largest absolute Gasteiger partial charge is 0.417 e. The van der Waals surface area contributed by atoms with Crippen molar-refractivity contribution < 1.29 is 14.0 Å². The Hall–Kier alpha value is -3.85. The van der Waals surface area contributed by atoms with E-state index in [4.69, 9.17) is 16.0 Å². The van der Waals surface area contributed by atoms with Crippen molar-refractivity contribution in [2.75, 3.05) is 28.7 Å². The van der Waals surface area contributed by atoms with Crippen LogP contribution in [-0.2, 0) is 4.43 Å². The van der Waals surface area contributed by atoms with Gasteiger partial charge in [-0.15, -0.1) is 0 Å². The summed E-state index contributed by atoms with van der Waals surface area (Å²) < 4.78 is 6.20. The molecule has 0 aliphatic heterocycles. The summed E-state index contributed by atoms with van der Waals surface area (Å²) in [4.78, 5) is 39.3. The number of halogens is 1. The molecule has 2 aromatic heterocycles. The van der Waals surface area contributed by atoms with Crippen LogP contribution in [0.1, 0.15) is 48.2 Å². The second-order valence-corrected chi connectivity index (χ2v) is 15.5. The lowest BCUT2D eigenvalue weighted by atomic mass is 10.2. The fraction of sp³-hybridized carbons (Fsp3) is 0.333. The van der Waals surface area contributed by atoms with Gasteiger partial charge in [-0.05, 0) is 61.0 Å². The van der Waals surface area contributed by atoms with E-state index in [0.29, 0.717) is 36.0 Å². The average molecular weight is 566 g/mol. The molecule has 10 nitrogen and oxygen atoms in total. The van der Waals surface area contributed by atoms with Crippen molar-refractivity contribution >= 4 is 48.9 Å². The molecule has 0 radical (unpaired) electrons. The number of nitrogens with one attached hydrogen (secondary N) is 2. The molecule has 204 valence electrons. The highest BCUT2D eigenvalue weighted by atomic mass is 35.5. The molecule has 0 aliphatic carbocycles. The third kappa shape index (κ3) is 8.07. The zero-order valence-corrected chi connectivity index (χ0v) is 24.4. The van der Waals surface area contributed by atoms with E-state index in [1.54, 1.807) is 35.2 Å². The number of anilines is 3. The maximum atomic E-state index is 12.9. The zero-order valence-electron chi connectivity index (χ0n) is 22.7. The number of carbonyl (C=O) groups excluding carboxylic acids is 2. The summed E-state index contributed by atoms with van der Waals surface area (Å²) in [6.07, 6.45) is 6.95. The molecule has 39 heavy (non-hydrogen) atoms. The number of rotatable bonds is 10. The summed E-state index contributed by atoms with van der Waals surface area (Å²) in [7, 11) is -1.84. The van der Waals surface area contributed by atoms with Crippen LogP contribution in [-0.4, -0.2) is 48.2 Å². The molecule has 0 saturated carbocycles. The van der Waals surface area contributed by atoms with Crippen LogP contribution in [0, 0.1) is 11.5 Å². The van der Waals surface area contributed by atoms with E-state index in [-0.39, 0.29) is 22.2 Å². The lowest BCUT2D eigenvalue weighted by molar-refractivity contribution is 0.0982. The number of carbonyl (C=O) groups is 2. The molecule has 2 N–H and O–H groups in total. The van der Waals surface area contributed by atoms with Gasteiger partial charge in [0, 0.05) is 37.4 Å². The summed E-state index contributed by atoms with van der Waals surface area (Å²) in [5.41, 5.74) is 0.865. The van der Waals surface area contributed by atoms with Crippen LogP contribution in [0.5, 0.6) is 0 Å². The molecule has 0 saturated heterocycles. The van der Waals surface area contributed by atoms with Gasteiger partial charge in [0.1, 0.15) is 5.82 Å².